The Morgan fingerprint density at radius 3 is 2.78 bits per heavy atom. The number of ether oxygens (including phenoxy) is 1. The molecule has 0 saturated carbocycles. The van der Waals surface area contributed by atoms with Crippen molar-refractivity contribution in [1.29, 1.82) is 0 Å². The van der Waals surface area contributed by atoms with Crippen LogP contribution >= 0.6 is 0 Å². The lowest BCUT2D eigenvalue weighted by Gasteiger charge is -2.24. The summed E-state index contributed by atoms with van der Waals surface area (Å²) in [6.45, 7) is 3.87. The number of tetrazole rings is 1. The first-order chi connectivity index (χ1) is 11.2. The van der Waals surface area contributed by atoms with Gasteiger partial charge in [-0.1, -0.05) is 12.1 Å². The average molecular weight is 315 g/mol. The molecule has 1 aromatic carbocycles. The molecule has 1 saturated heterocycles. The van der Waals surface area contributed by atoms with Gasteiger partial charge in [-0.3, -0.25) is 4.79 Å². The van der Waals surface area contributed by atoms with E-state index in [1.165, 1.54) is 0 Å². The minimum atomic E-state index is 0.0784. The maximum absolute atomic E-state index is 12.6. The molecule has 0 bridgehead atoms. The number of carbonyl (C=O) groups excluding carboxylic acids is 1. The third-order valence-corrected chi connectivity index (χ3v) is 4.24. The number of methoxy groups -OCH3 is 1. The van der Waals surface area contributed by atoms with Crippen molar-refractivity contribution in [3.8, 4) is 0 Å². The van der Waals surface area contributed by atoms with E-state index in [-0.39, 0.29) is 11.9 Å². The van der Waals surface area contributed by atoms with Gasteiger partial charge < -0.3 is 9.64 Å². The van der Waals surface area contributed by atoms with Crippen molar-refractivity contribution in [1.82, 2.24) is 25.1 Å². The van der Waals surface area contributed by atoms with Crippen LogP contribution in [-0.2, 0) is 11.3 Å². The molecule has 7 nitrogen and oxygen atoms in total. The van der Waals surface area contributed by atoms with E-state index in [9.17, 15) is 4.79 Å². The summed E-state index contributed by atoms with van der Waals surface area (Å²) in [7, 11) is 1.68. The second-order valence-corrected chi connectivity index (χ2v) is 5.83. The highest BCUT2D eigenvalue weighted by molar-refractivity contribution is 5.94. The van der Waals surface area contributed by atoms with Gasteiger partial charge in [-0.15, -0.1) is 5.10 Å². The Morgan fingerprint density at radius 1 is 1.35 bits per heavy atom. The number of hydrogen-bond donors (Lipinski definition) is 0. The van der Waals surface area contributed by atoms with Crippen LogP contribution in [0.25, 0.3) is 0 Å². The van der Waals surface area contributed by atoms with Crippen LogP contribution in [0.3, 0.4) is 0 Å². The van der Waals surface area contributed by atoms with E-state index in [1.807, 2.05) is 36.1 Å². The fraction of sp³-hybridized carbons (Fsp3) is 0.500. The lowest BCUT2D eigenvalue weighted by Crippen LogP contribution is -2.38. The molecule has 2 heterocycles. The Morgan fingerprint density at radius 2 is 2.13 bits per heavy atom. The van der Waals surface area contributed by atoms with Crippen LogP contribution in [-0.4, -0.2) is 57.3 Å². The Balaban J connectivity index is 1.69. The lowest BCUT2D eigenvalue weighted by atomic mass is 10.1. The molecule has 0 radical (unpaired) electrons. The van der Waals surface area contributed by atoms with Crippen LogP contribution in [0.15, 0.2) is 24.3 Å². The summed E-state index contributed by atoms with van der Waals surface area (Å²) in [6, 6.07) is 7.85. The Hall–Kier alpha value is -2.28. The van der Waals surface area contributed by atoms with E-state index in [1.54, 1.807) is 11.8 Å². The van der Waals surface area contributed by atoms with Gasteiger partial charge in [0, 0.05) is 19.2 Å². The molecule has 0 spiro atoms. The van der Waals surface area contributed by atoms with E-state index in [4.69, 9.17) is 4.74 Å². The zero-order valence-corrected chi connectivity index (χ0v) is 13.5. The van der Waals surface area contributed by atoms with E-state index in [0.29, 0.717) is 18.7 Å². The van der Waals surface area contributed by atoms with Crippen molar-refractivity contribution in [2.75, 3.05) is 20.3 Å². The molecule has 0 aliphatic carbocycles. The highest BCUT2D eigenvalue weighted by atomic mass is 16.5. The number of amides is 1. The predicted molar refractivity (Wildman–Crippen MR) is 84.0 cm³/mol. The quantitative estimate of drug-likeness (QED) is 0.831. The summed E-state index contributed by atoms with van der Waals surface area (Å²) < 4.78 is 6.94. The normalized spacial score (nSPS) is 17.7. The zero-order chi connectivity index (χ0) is 16.2. The minimum absolute atomic E-state index is 0.0784. The van der Waals surface area contributed by atoms with E-state index < -0.39 is 0 Å². The first-order valence-corrected chi connectivity index (χ1v) is 7.80. The Bertz CT molecular complexity index is 667. The van der Waals surface area contributed by atoms with Gasteiger partial charge in [-0.2, -0.15) is 0 Å². The van der Waals surface area contributed by atoms with Crippen LogP contribution < -0.4 is 0 Å². The molecular weight excluding hydrogens is 294 g/mol. The van der Waals surface area contributed by atoms with Crippen LogP contribution in [0, 0.1) is 6.92 Å². The maximum atomic E-state index is 12.6. The number of aromatic nitrogens is 4. The zero-order valence-electron chi connectivity index (χ0n) is 13.5. The monoisotopic (exact) mass is 315 g/mol. The number of rotatable bonds is 5. The van der Waals surface area contributed by atoms with Gasteiger partial charge in [0.15, 0.2) is 0 Å². The van der Waals surface area contributed by atoms with Crippen molar-refractivity contribution < 1.29 is 9.53 Å². The fourth-order valence-electron chi connectivity index (χ4n) is 2.96. The van der Waals surface area contributed by atoms with E-state index >= 15 is 0 Å². The van der Waals surface area contributed by atoms with Gasteiger partial charge in [0.2, 0.25) is 0 Å². The number of benzene rings is 1. The van der Waals surface area contributed by atoms with Crippen LogP contribution in [0.1, 0.15) is 34.6 Å². The van der Waals surface area contributed by atoms with Gasteiger partial charge in [0.1, 0.15) is 5.82 Å². The van der Waals surface area contributed by atoms with Crippen molar-refractivity contribution in [2.45, 2.75) is 32.4 Å². The molecule has 0 unspecified atom stereocenters. The fourth-order valence-corrected chi connectivity index (χ4v) is 2.96. The van der Waals surface area contributed by atoms with Gasteiger partial charge in [0.05, 0.1) is 19.2 Å². The molecule has 122 valence electrons. The largest absolute Gasteiger partial charge is 0.383 e. The number of aryl methyl sites for hydroxylation is 1. The van der Waals surface area contributed by atoms with E-state index in [2.05, 4.69) is 15.5 Å². The van der Waals surface area contributed by atoms with Crippen molar-refractivity contribution in [3.63, 3.8) is 0 Å². The van der Waals surface area contributed by atoms with Gasteiger partial charge in [-0.05, 0) is 47.9 Å². The molecule has 0 N–H and O–H groups in total. The molecule has 7 heteroatoms. The predicted octanol–water partition coefficient (Wildman–Crippen LogP) is 1.28. The molecular formula is C16H21N5O2. The van der Waals surface area contributed by atoms with Crippen LogP contribution in [0.2, 0.25) is 0 Å². The molecule has 2 aromatic rings. The number of carbonyl (C=O) groups is 1. The SMILES string of the molecule is COC[C@@H]1CCCN1C(=O)c1ccc(Cn2nnnc2C)cc1. The van der Waals surface area contributed by atoms with Crippen LogP contribution in [0.4, 0.5) is 0 Å². The van der Waals surface area contributed by atoms with Crippen LogP contribution in [0.5, 0.6) is 0 Å². The van der Waals surface area contributed by atoms with Crippen molar-refractivity contribution >= 4 is 5.91 Å². The Kier molecular flexibility index (Phi) is 4.66. The average Bonchev–Trinajstić information content (AvgIpc) is 3.18. The summed E-state index contributed by atoms with van der Waals surface area (Å²) in [5.41, 5.74) is 1.78. The number of likely N-dealkylation sites (tertiary alicyclic amines) is 1. The van der Waals surface area contributed by atoms with Crippen molar-refractivity contribution in [3.05, 3.63) is 41.2 Å². The molecule has 1 atom stereocenters. The molecule has 23 heavy (non-hydrogen) atoms. The van der Waals surface area contributed by atoms with Gasteiger partial charge in [0.25, 0.3) is 5.91 Å². The smallest absolute Gasteiger partial charge is 0.254 e. The molecule has 1 aliphatic heterocycles. The minimum Gasteiger partial charge on any atom is -0.383 e. The molecule has 1 amide bonds. The second kappa shape index (κ2) is 6.87. The van der Waals surface area contributed by atoms with E-state index in [0.717, 1.165) is 30.8 Å². The highest BCUT2D eigenvalue weighted by Gasteiger charge is 2.29. The standard InChI is InChI=1S/C16H21N5O2/c1-12-17-18-19-21(12)10-13-5-7-14(8-6-13)16(22)20-9-3-4-15(20)11-23-2/h5-8,15H,3-4,9-11H2,1-2H3/t15-/m0/s1. The van der Waals surface area contributed by atoms with Crippen molar-refractivity contribution in [2.24, 2.45) is 0 Å². The third kappa shape index (κ3) is 3.39. The summed E-state index contributed by atoms with van der Waals surface area (Å²) >= 11 is 0. The second-order valence-electron chi connectivity index (χ2n) is 5.83. The summed E-state index contributed by atoms with van der Waals surface area (Å²) in [5, 5.41) is 11.4. The summed E-state index contributed by atoms with van der Waals surface area (Å²) in [5.74, 6) is 0.847. The number of hydrogen-bond acceptors (Lipinski definition) is 5. The highest BCUT2D eigenvalue weighted by Crippen LogP contribution is 2.20. The van der Waals surface area contributed by atoms with Gasteiger partial charge in [-0.25, -0.2) is 4.68 Å². The Labute approximate surface area is 135 Å². The molecule has 3 rings (SSSR count). The first kappa shape index (κ1) is 15.6. The summed E-state index contributed by atoms with van der Waals surface area (Å²) in [6.07, 6.45) is 2.05. The molecule has 1 aliphatic rings. The topological polar surface area (TPSA) is 73.1 Å². The summed E-state index contributed by atoms with van der Waals surface area (Å²) in [4.78, 5) is 14.6. The maximum Gasteiger partial charge on any atom is 0.254 e. The molecule has 1 fully saturated rings. The first-order valence-electron chi connectivity index (χ1n) is 7.80. The molecule has 1 aromatic heterocycles. The van der Waals surface area contributed by atoms with Gasteiger partial charge >= 0.3 is 0 Å². The third-order valence-electron chi connectivity index (χ3n) is 4.24. The lowest BCUT2D eigenvalue weighted by molar-refractivity contribution is 0.0630. The number of nitrogens with zero attached hydrogens (tertiary/aromatic N) is 5.